The van der Waals surface area contributed by atoms with Crippen LogP contribution in [0.4, 0.5) is 0 Å². The zero-order valence-corrected chi connectivity index (χ0v) is 10.6. The van der Waals surface area contributed by atoms with Gasteiger partial charge in [0.1, 0.15) is 0 Å². The van der Waals surface area contributed by atoms with Crippen molar-refractivity contribution in [3.05, 3.63) is 0 Å². The molecule has 1 fully saturated rings. The summed E-state index contributed by atoms with van der Waals surface area (Å²) in [5.74, 6) is 1.23. The molecule has 1 aliphatic rings. The van der Waals surface area contributed by atoms with Crippen LogP contribution in [0.2, 0.25) is 0 Å². The lowest BCUT2D eigenvalue weighted by molar-refractivity contribution is 0.138. The molecule has 1 aliphatic carbocycles. The summed E-state index contributed by atoms with van der Waals surface area (Å²) in [7, 11) is 2.22. The Balaban J connectivity index is 2.34. The van der Waals surface area contributed by atoms with Crippen molar-refractivity contribution in [2.75, 3.05) is 25.6 Å². The lowest BCUT2D eigenvalue weighted by atomic mass is 9.77. The molecule has 0 saturated heterocycles. The van der Waals surface area contributed by atoms with Crippen molar-refractivity contribution in [1.82, 2.24) is 4.90 Å². The van der Waals surface area contributed by atoms with Crippen LogP contribution in [0.5, 0.6) is 0 Å². The molecule has 0 aromatic heterocycles. The van der Waals surface area contributed by atoms with Crippen LogP contribution in [0.15, 0.2) is 0 Å². The molecule has 14 heavy (non-hydrogen) atoms. The van der Waals surface area contributed by atoms with E-state index in [1.165, 1.54) is 31.4 Å². The van der Waals surface area contributed by atoms with Crippen LogP contribution in [-0.2, 0) is 0 Å². The van der Waals surface area contributed by atoms with E-state index in [2.05, 4.69) is 25.1 Å². The molecule has 0 radical (unpaired) electrons. The van der Waals surface area contributed by atoms with Crippen LogP contribution in [0.3, 0.4) is 0 Å². The zero-order valence-electron chi connectivity index (χ0n) is 9.75. The fraction of sp³-hybridized carbons (Fsp3) is 1.00. The molecule has 1 atom stereocenters. The number of nitrogens with zero attached hydrogens (tertiary/aromatic N) is 1. The van der Waals surface area contributed by atoms with Gasteiger partial charge in [0.25, 0.3) is 0 Å². The first-order valence-corrected chi connectivity index (χ1v) is 6.99. The van der Waals surface area contributed by atoms with E-state index in [9.17, 15) is 0 Å². The molecule has 1 unspecified atom stereocenters. The molecule has 1 rings (SSSR count). The maximum Gasteiger partial charge on any atom is 0.0283 e. The van der Waals surface area contributed by atoms with Crippen molar-refractivity contribution >= 4 is 11.8 Å². The highest BCUT2D eigenvalue weighted by molar-refractivity contribution is 7.98. The highest BCUT2D eigenvalue weighted by Crippen LogP contribution is 2.30. The summed E-state index contributed by atoms with van der Waals surface area (Å²) in [5.41, 5.74) is 6.38. The molecular formula is C11H24N2S. The van der Waals surface area contributed by atoms with Gasteiger partial charge in [-0.25, -0.2) is 0 Å². The minimum atomic E-state index is 0.139. The van der Waals surface area contributed by atoms with Gasteiger partial charge in [-0.1, -0.05) is 6.92 Å². The van der Waals surface area contributed by atoms with E-state index in [-0.39, 0.29) is 5.54 Å². The molecule has 1 saturated carbocycles. The standard InChI is InChI=1S/C11H24N2S/c1-4-10(8-14-3)13(2)9-11(12)6-5-7-11/h10H,4-9,12H2,1-3H3. The molecule has 2 nitrogen and oxygen atoms in total. The second-order valence-electron chi connectivity index (χ2n) is 4.65. The quantitative estimate of drug-likeness (QED) is 0.736. The van der Waals surface area contributed by atoms with Crippen molar-refractivity contribution in [3.8, 4) is 0 Å². The molecule has 0 aliphatic heterocycles. The first kappa shape index (κ1) is 12.3. The number of hydrogen-bond acceptors (Lipinski definition) is 3. The number of rotatable bonds is 6. The monoisotopic (exact) mass is 216 g/mol. The molecule has 3 heteroatoms. The number of hydrogen-bond donors (Lipinski definition) is 1. The molecule has 0 aromatic rings. The maximum atomic E-state index is 6.24. The van der Waals surface area contributed by atoms with Crippen LogP contribution in [0.1, 0.15) is 32.6 Å². The van der Waals surface area contributed by atoms with E-state index in [0.717, 1.165) is 6.54 Å². The van der Waals surface area contributed by atoms with Gasteiger partial charge in [0.2, 0.25) is 0 Å². The Bertz CT molecular complexity index is 169. The Kier molecular flexibility index (Phi) is 4.74. The summed E-state index contributed by atoms with van der Waals surface area (Å²) < 4.78 is 0. The number of likely N-dealkylation sites (N-methyl/N-ethyl adjacent to an activating group) is 1. The van der Waals surface area contributed by atoms with E-state index >= 15 is 0 Å². The van der Waals surface area contributed by atoms with Gasteiger partial charge in [0, 0.05) is 23.9 Å². The Morgan fingerprint density at radius 1 is 1.50 bits per heavy atom. The molecule has 2 N–H and O–H groups in total. The van der Waals surface area contributed by atoms with Gasteiger partial charge in [-0.05, 0) is 39.0 Å². The smallest absolute Gasteiger partial charge is 0.0283 e. The SMILES string of the molecule is CCC(CSC)N(C)CC1(N)CCC1. The van der Waals surface area contributed by atoms with Gasteiger partial charge < -0.3 is 10.6 Å². The third-order valence-corrected chi connectivity index (χ3v) is 4.09. The first-order chi connectivity index (χ1) is 6.61. The summed E-state index contributed by atoms with van der Waals surface area (Å²) in [6.45, 7) is 3.34. The van der Waals surface area contributed by atoms with Crippen LogP contribution in [0, 0.1) is 0 Å². The van der Waals surface area contributed by atoms with Gasteiger partial charge in [-0.3, -0.25) is 0 Å². The predicted octanol–water partition coefficient (Wildman–Crippen LogP) is 1.94. The lowest BCUT2D eigenvalue weighted by Gasteiger charge is -2.43. The van der Waals surface area contributed by atoms with E-state index in [1.54, 1.807) is 0 Å². The number of nitrogens with two attached hydrogens (primary N) is 1. The topological polar surface area (TPSA) is 29.3 Å². The predicted molar refractivity (Wildman–Crippen MR) is 65.9 cm³/mol. The van der Waals surface area contributed by atoms with Crippen molar-refractivity contribution in [2.45, 2.75) is 44.2 Å². The van der Waals surface area contributed by atoms with E-state index in [4.69, 9.17) is 5.73 Å². The van der Waals surface area contributed by atoms with E-state index in [1.807, 2.05) is 11.8 Å². The van der Waals surface area contributed by atoms with Gasteiger partial charge >= 0.3 is 0 Å². The Morgan fingerprint density at radius 3 is 2.50 bits per heavy atom. The maximum absolute atomic E-state index is 6.24. The highest BCUT2D eigenvalue weighted by Gasteiger charge is 2.34. The Labute approximate surface area is 92.6 Å². The molecule has 84 valence electrons. The number of thioether (sulfide) groups is 1. The molecule has 0 spiro atoms. The Hall–Kier alpha value is 0.270. The molecule has 0 amide bonds. The minimum absolute atomic E-state index is 0.139. The van der Waals surface area contributed by atoms with Crippen molar-refractivity contribution < 1.29 is 0 Å². The largest absolute Gasteiger partial charge is 0.324 e. The average Bonchev–Trinajstić information content (AvgIpc) is 2.11. The summed E-state index contributed by atoms with van der Waals surface area (Å²) in [4.78, 5) is 2.45. The second kappa shape index (κ2) is 5.38. The lowest BCUT2D eigenvalue weighted by Crippen LogP contribution is -2.56. The van der Waals surface area contributed by atoms with Crippen molar-refractivity contribution in [1.29, 1.82) is 0 Å². The normalized spacial score (nSPS) is 22.1. The van der Waals surface area contributed by atoms with Crippen LogP contribution < -0.4 is 5.73 Å². The molecule has 0 aromatic carbocycles. The summed E-state index contributed by atoms with van der Waals surface area (Å²) in [6.07, 6.45) is 7.16. The third kappa shape index (κ3) is 3.14. The summed E-state index contributed by atoms with van der Waals surface area (Å²) >= 11 is 1.93. The Morgan fingerprint density at radius 2 is 2.14 bits per heavy atom. The van der Waals surface area contributed by atoms with Gasteiger partial charge in [0.15, 0.2) is 0 Å². The van der Waals surface area contributed by atoms with E-state index in [0.29, 0.717) is 6.04 Å². The third-order valence-electron chi connectivity index (χ3n) is 3.37. The fourth-order valence-electron chi connectivity index (χ4n) is 2.16. The first-order valence-electron chi connectivity index (χ1n) is 5.59. The minimum Gasteiger partial charge on any atom is -0.324 e. The molecule has 0 bridgehead atoms. The summed E-state index contributed by atoms with van der Waals surface area (Å²) in [5, 5.41) is 0. The van der Waals surface area contributed by atoms with Crippen molar-refractivity contribution in [3.63, 3.8) is 0 Å². The van der Waals surface area contributed by atoms with Crippen LogP contribution in [0.25, 0.3) is 0 Å². The van der Waals surface area contributed by atoms with E-state index < -0.39 is 0 Å². The van der Waals surface area contributed by atoms with Gasteiger partial charge in [-0.2, -0.15) is 11.8 Å². The highest BCUT2D eigenvalue weighted by atomic mass is 32.2. The second-order valence-corrected chi connectivity index (χ2v) is 5.56. The fourth-order valence-corrected chi connectivity index (χ4v) is 3.04. The molecular weight excluding hydrogens is 192 g/mol. The molecule has 0 heterocycles. The van der Waals surface area contributed by atoms with Crippen LogP contribution >= 0.6 is 11.8 Å². The summed E-state index contributed by atoms with van der Waals surface area (Å²) in [6, 6.07) is 0.700. The van der Waals surface area contributed by atoms with Gasteiger partial charge in [0.05, 0.1) is 0 Å². The zero-order chi connectivity index (χ0) is 10.6. The average molecular weight is 216 g/mol. The van der Waals surface area contributed by atoms with Gasteiger partial charge in [-0.15, -0.1) is 0 Å². The van der Waals surface area contributed by atoms with Crippen LogP contribution in [-0.4, -0.2) is 42.1 Å². The van der Waals surface area contributed by atoms with Crippen molar-refractivity contribution in [2.24, 2.45) is 5.73 Å².